The average molecular weight is 549 g/mol. The van der Waals surface area contributed by atoms with Gasteiger partial charge in [-0.05, 0) is 51.1 Å². The third kappa shape index (κ3) is 7.44. The van der Waals surface area contributed by atoms with Crippen molar-refractivity contribution in [2.24, 2.45) is 5.73 Å². The standard InChI is InChI=1S/C25H36N8O4.ClH/c1-17(14-28-18-15-27-16-18)37-20-6-4-19(5-7-20)33-9-8-21(30-24(33)36)29-23(35)32-12-10-31(11-13-32)22(34)25(2,3)26;/h4-9,17-18,27-28H,10-16,26H2,1-3H3,(H,29,30,35,36);1H. The quantitative estimate of drug-likeness (QED) is 0.370. The van der Waals surface area contributed by atoms with Gasteiger partial charge in [0.2, 0.25) is 5.91 Å². The van der Waals surface area contributed by atoms with E-state index in [0.717, 1.165) is 19.6 Å². The number of hydrogen-bond donors (Lipinski definition) is 4. The van der Waals surface area contributed by atoms with Gasteiger partial charge in [-0.25, -0.2) is 9.59 Å². The van der Waals surface area contributed by atoms with E-state index in [0.29, 0.717) is 43.7 Å². The zero-order valence-corrected chi connectivity index (χ0v) is 22.8. The largest absolute Gasteiger partial charge is 0.489 e. The van der Waals surface area contributed by atoms with Crippen LogP contribution < -0.4 is 32.1 Å². The molecular formula is C25H37ClN8O4. The van der Waals surface area contributed by atoms with Gasteiger partial charge in [-0.3, -0.25) is 14.7 Å². The summed E-state index contributed by atoms with van der Waals surface area (Å²) in [6.45, 7) is 9.59. The van der Waals surface area contributed by atoms with Crippen molar-refractivity contribution >= 4 is 30.2 Å². The van der Waals surface area contributed by atoms with Crippen LogP contribution in [0.15, 0.2) is 41.3 Å². The Hall–Kier alpha value is -3.19. The summed E-state index contributed by atoms with van der Waals surface area (Å²) in [6.07, 6.45) is 1.58. The fraction of sp³-hybridized carbons (Fsp3) is 0.520. The second-order valence-electron chi connectivity index (χ2n) is 10.1. The van der Waals surface area contributed by atoms with Crippen LogP contribution in [-0.2, 0) is 4.79 Å². The van der Waals surface area contributed by atoms with Crippen molar-refractivity contribution < 1.29 is 14.3 Å². The highest BCUT2D eigenvalue weighted by molar-refractivity contribution is 5.89. The highest BCUT2D eigenvalue weighted by Gasteiger charge is 2.31. The number of anilines is 1. The predicted octanol–water partition coefficient (Wildman–Crippen LogP) is 0.396. The number of nitrogens with one attached hydrogen (secondary N) is 3. The zero-order chi connectivity index (χ0) is 26.6. The molecule has 0 radical (unpaired) electrons. The zero-order valence-electron chi connectivity index (χ0n) is 22.0. The molecule has 3 amide bonds. The van der Waals surface area contributed by atoms with Crippen LogP contribution in [0.4, 0.5) is 10.6 Å². The normalized spacial score (nSPS) is 16.7. The molecule has 208 valence electrons. The van der Waals surface area contributed by atoms with Gasteiger partial charge in [0.1, 0.15) is 17.7 Å². The Morgan fingerprint density at radius 1 is 1.13 bits per heavy atom. The summed E-state index contributed by atoms with van der Waals surface area (Å²) in [4.78, 5) is 44.9. The number of carbonyl (C=O) groups excluding carboxylic acids is 2. The molecule has 2 aromatic rings. The molecule has 0 saturated carbocycles. The van der Waals surface area contributed by atoms with Gasteiger partial charge < -0.3 is 30.9 Å². The Kier molecular flexibility index (Phi) is 9.71. The maximum absolute atomic E-state index is 12.7. The number of ether oxygens (including phenoxy) is 1. The maximum Gasteiger partial charge on any atom is 0.354 e. The molecule has 5 N–H and O–H groups in total. The van der Waals surface area contributed by atoms with Gasteiger partial charge in [-0.15, -0.1) is 12.4 Å². The van der Waals surface area contributed by atoms with Crippen molar-refractivity contribution in [3.63, 3.8) is 0 Å². The molecule has 0 bridgehead atoms. The lowest BCUT2D eigenvalue weighted by atomic mass is 10.1. The molecule has 0 aliphatic carbocycles. The van der Waals surface area contributed by atoms with Gasteiger partial charge in [0.25, 0.3) is 0 Å². The van der Waals surface area contributed by atoms with E-state index in [-0.39, 0.29) is 36.3 Å². The van der Waals surface area contributed by atoms with Crippen LogP contribution in [0.25, 0.3) is 5.69 Å². The van der Waals surface area contributed by atoms with Gasteiger partial charge in [-0.1, -0.05) is 0 Å². The van der Waals surface area contributed by atoms with Crippen molar-refractivity contribution in [1.29, 1.82) is 0 Å². The van der Waals surface area contributed by atoms with E-state index in [2.05, 4.69) is 20.9 Å². The highest BCUT2D eigenvalue weighted by Crippen LogP contribution is 2.16. The topological polar surface area (TPSA) is 147 Å². The predicted molar refractivity (Wildman–Crippen MR) is 147 cm³/mol. The minimum atomic E-state index is -0.950. The van der Waals surface area contributed by atoms with Gasteiger partial charge >= 0.3 is 11.7 Å². The van der Waals surface area contributed by atoms with Crippen molar-refractivity contribution in [2.75, 3.05) is 51.1 Å². The van der Waals surface area contributed by atoms with Crippen molar-refractivity contribution in [1.82, 2.24) is 30.0 Å². The third-order valence-corrected chi connectivity index (χ3v) is 6.37. The minimum absolute atomic E-state index is 0. The van der Waals surface area contributed by atoms with Crippen LogP contribution in [0.2, 0.25) is 0 Å². The molecule has 38 heavy (non-hydrogen) atoms. The number of amides is 3. The summed E-state index contributed by atoms with van der Waals surface area (Å²) in [5.74, 6) is 0.730. The lowest BCUT2D eigenvalue weighted by Crippen LogP contribution is -2.58. The molecule has 1 unspecified atom stereocenters. The van der Waals surface area contributed by atoms with Crippen molar-refractivity contribution in [2.45, 2.75) is 38.5 Å². The second kappa shape index (κ2) is 12.6. The molecule has 1 atom stereocenters. The summed E-state index contributed by atoms with van der Waals surface area (Å²) in [5.41, 5.74) is 5.07. The van der Waals surface area contributed by atoms with E-state index >= 15 is 0 Å². The molecule has 3 heterocycles. The number of urea groups is 1. The lowest BCUT2D eigenvalue weighted by Gasteiger charge is -2.37. The fourth-order valence-corrected chi connectivity index (χ4v) is 4.10. The first-order valence-corrected chi connectivity index (χ1v) is 12.6. The summed E-state index contributed by atoms with van der Waals surface area (Å²) in [7, 11) is 0. The maximum atomic E-state index is 12.7. The smallest absolute Gasteiger partial charge is 0.354 e. The summed E-state index contributed by atoms with van der Waals surface area (Å²) < 4.78 is 7.34. The molecule has 2 aliphatic rings. The van der Waals surface area contributed by atoms with Crippen molar-refractivity contribution in [3.05, 3.63) is 47.0 Å². The summed E-state index contributed by atoms with van der Waals surface area (Å²) in [5, 5.41) is 9.33. The number of aromatic nitrogens is 2. The Bertz CT molecular complexity index is 1160. The first-order valence-electron chi connectivity index (χ1n) is 12.6. The molecule has 4 rings (SSSR count). The Morgan fingerprint density at radius 3 is 2.32 bits per heavy atom. The first kappa shape index (κ1) is 29.4. The van der Waals surface area contributed by atoms with E-state index < -0.39 is 11.2 Å². The second-order valence-corrected chi connectivity index (χ2v) is 10.1. The lowest BCUT2D eigenvalue weighted by molar-refractivity contribution is -0.137. The van der Waals surface area contributed by atoms with E-state index in [4.69, 9.17) is 10.5 Å². The summed E-state index contributed by atoms with van der Waals surface area (Å²) >= 11 is 0. The van der Waals surface area contributed by atoms with Crippen LogP contribution >= 0.6 is 12.4 Å². The number of nitrogens with two attached hydrogens (primary N) is 1. The summed E-state index contributed by atoms with van der Waals surface area (Å²) in [6, 6.07) is 8.91. The molecule has 12 nitrogen and oxygen atoms in total. The van der Waals surface area contributed by atoms with E-state index in [9.17, 15) is 14.4 Å². The molecular weight excluding hydrogens is 512 g/mol. The number of halogens is 1. The SMILES string of the molecule is CC(CNC1CNC1)Oc1ccc(-n2ccc(NC(=O)N3CCN(C(=O)C(C)(C)N)CC3)nc2=O)cc1.Cl. The van der Waals surface area contributed by atoms with Gasteiger partial charge in [-0.2, -0.15) is 4.98 Å². The number of benzene rings is 1. The number of rotatable bonds is 8. The third-order valence-electron chi connectivity index (χ3n) is 6.37. The highest BCUT2D eigenvalue weighted by atomic mass is 35.5. The Balaban J connectivity index is 0.00000400. The van der Waals surface area contributed by atoms with E-state index in [1.54, 1.807) is 48.0 Å². The van der Waals surface area contributed by atoms with Crippen LogP contribution in [0, 0.1) is 0 Å². The molecule has 2 saturated heterocycles. The van der Waals surface area contributed by atoms with E-state index in [1.807, 2.05) is 19.1 Å². The fourth-order valence-electron chi connectivity index (χ4n) is 4.10. The molecule has 2 fully saturated rings. The number of carbonyl (C=O) groups is 2. The van der Waals surface area contributed by atoms with Crippen molar-refractivity contribution in [3.8, 4) is 11.4 Å². The molecule has 1 aromatic carbocycles. The molecule has 0 spiro atoms. The average Bonchev–Trinajstić information content (AvgIpc) is 2.83. The Morgan fingerprint density at radius 2 is 1.76 bits per heavy atom. The van der Waals surface area contributed by atoms with Crippen LogP contribution in [0.3, 0.4) is 0 Å². The van der Waals surface area contributed by atoms with Crippen LogP contribution in [0.5, 0.6) is 5.75 Å². The number of hydrogen-bond acceptors (Lipinski definition) is 8. The molecule has 1 aromatic heterocycles. The minimum Gasteiger partial charge on any atom is -0.489 e. The number of nitrogens with zero attached hydrogens (tertiary/aromatic N) is 4. The van der Waals surface area contributed by atoms with Gasteiger partial charge in [0, 0.05) is 58.1 Å². The molecule has 13 heteroatoms. The van der Waals surface area contributed by atoms with Gasteiger partial charge in [0.05, 0.1) is 11.2 Å². The molecule has 2 aliphatic heterocycles. The number of piperazine rings is 1. The Labute approximate surface area is 228 Å². The monoisotopic (exact) mass is 548 g/mol. The van der Waals surface area contributed by atoms with Gasteiger partial charge in [0.15, 0.2) is 0 Å². The van der Waals surface area contributed by atoms with Crippen LogP contribution in [-0.4, -0.2) is 94.8 Å². The first-order chi connectivity index (χ1) is 17.6. The van der Waals surface area contributed by atoms with Crippen LogP contribution in [0.1, 0.15) is 20.8 Å². The van der Waals surface area contributed by atoms with E-state index in [1.165, 1.54) is 4.57 Å².